The molecule has 0 fully saturated rings. The van der Waals surface area contributed by atoms with Gasteiger partial charge in [0.2, 0.25) is 0 Å². The highest BCUT2D eigenvalue weighted by Gasteiger charge is 2.23. The molecule has 3 aromatic rings. The maximum Gasteiger partial charge on any atom is 0.272 e. The fourth-order valence-electron chi connectivity index (χ4n) is 3.11. The van der Waals surface area contributed by atoms with Crippen LogP contribution in [0.3, 0.4) is 0 Å². The summed E-state index contributed by atoms with van der Waals surface area (Å²) in [6.45, 7) is 0. The molecule has 1 aliphatic rings. The molecule has 0 radical (unpaired) electrons. The first-order chi connectivity index (χ1) is 14.1. The zero-order valence-corrected chi connectivity index (χ0v) is 17.6. The highest BCUT2D eigenvalue weighted by Crippen LogP contribution is 2.33. The normalized spacial score (nSPS) is 12.7. The lowest BCUT2D eigenvalue weighted by Gasteiger charge is -2.15. The van der Waals surface area contributed by atoms with Gasteiger partial charge in [-0.3, -0.25) is 9.36 Å². The number of thioether (sulfide) groups is 2. The van der Waals surface area contributed by atoms with Crippen molar-refractivity contribution in [2.75, 3.05) is 20.0 Å². The minimum atomic E-state index is -0.270. The first kappa shape index (κ1) is 19.8. The van der Waals surface area contributed by atoms with Gasteiger partial charge in [-0.25, -0.2) is 9.37 Å². The Kier molecular flexibility index (Phi) is 5.82. The Bertz CT molecular complexity index is 1100. The number of nitrogens with zero attached hydrogens (tertiary/aromatic N) is 2. The second kappa shape index (κ2) is 8.51. The Labute approximate surface area is 176 Å². The molecule has 0 atom stereocenters. The van der Waals surface area contributed by atoms with Gasteiger partial charge in [0.15, 0.2) is 16.7 Å². The van der Waals surface area contributed by atoms with E-state index in [-0.39, 0.29) is 11.4 Å². The van der Waals surface area contributed by atoms with Crippen LogP contribution in [0.2, 0.25) is 0 Å². The fraction of sp³-hybridized carbons (Fsp3) is 0.238. The van der Waals surface area contributed by atoms with Gasteiger partial charge in [-0.1, -0.05) is 23.9 Å². The van der Waals surface area contributed by atoms with Gasteiger partial charge in [-0.2, -0.15) is 0 Å². The van der Waals surface area contributed by atoms with Crippen molar-refractivity contribution in [3.05, 3.63) is 69.9 Å². The molecule has 0 unspecified atom stereocenters. The molecule has 1 aliphatic heterocycles. The maximum atomic E-state index is 13.3. The third kappa shape index (κ3) is 4.00. The molecule has 0 saturated carbocycles. The number of aromatic nitrogens is 2. The lowest BCUT2D eigenvalue weighted by Crippen LogP contribution is -2.23. The summed E-state index contributed by atoms with van der Waals surface area (Å²) in [6.07, 6.45) is 0.784. The lowest BCUT2D eigenvalue weighted by molar-refractivity contribution is 0.354. The minimum absolute atomic E-state index is 0.0775. The quantitative estimate of drug-likeness (QED) is 0.429. The third-order valence-corrected chi connectivity index (χ3v) is 6.69. The van der Waals surface area contributed by atoms with Crippen LogP contribution < -0.4 is 15.0 Å². The molecule has 4 rings (SSSR count). The minimum Gasteiger partial charge on any atom is -0.493 e. The van der Waals surface area contributed by atoms with Gasteiger partial charge in [0.1, 0.15) is 5.82 Å². The monoisotopic (exact) mass is 430 g/mol. The molecule has 0 saturated heterocycles. The van der Waals surface area contributed by atoms with E-state index in [2.05, 4.69) is 0 Å². The zero-order valence-electron chi connectivity index (χ0n) is 16.0. The fourth-order valence-corrected chi connectivity index (χ4v) is 5.12. The average Bonchev–Trinajstić information content (AvgIpc) is 3.22. The highest BCUT2D eigenvalue weighted by atomic mass is 32.2. The third-order valence-electron chi connectivity index (χ3n) is 4.57. The van der Waals surface area contributed by atoms with E-state index in [1.807, 2.05) is 6.07 Å². The molecule has 0 N–H and O–H groups in total. The number of ether oxygens (including phenoxy) is 2. The van der Waals surface area contributed by atoms with Crippen molar-refractivity contribution >= 4 is 23.5 Å². The van der Waals surface area contributed by atoms with Gasteiger partial charge in [-0.15, -0.1) is 11.8 Å². The second-order valence-corrected chi connectivity index (χ2v) is 8.41. The number of rotatable bonds is 6. The topological polar surface area (TPSA) is 53.4 Å². The van der Waals surface area contributed by atoms with E-state index < -0.39 is 0 Å². The van der Waals surface area contributed by atoms with E-state index in [0.717, 1.165) is 23.4 Å². The number of fused-ring (bicyclic) bond motifs is 1. The second-order valence-electron chi connectivity index (χ2n) is 6.36. The summed E-state index contributed by atoms with van der Waals surface area (Å²) in [5.74, 6) is 2.29. The summed E-state index contributed by atoms with van der Waals surface area (Å²) < 4.78 is 25.5. The molecule has 5 nitrogen and oxygen atoms in total. The van der Waals surface area contributed by atoms with Gasteiger partial charge in [-0.05, 0) is 29.8 Å². The highest BCUT2D eigenvalue weighted by molar-refractivity contribution is 7.99. The van der Waals surface area contributed by atoms with Crippen LogP contribution in [0.15, 0.2) is 57.3 Å². The standard InChI is InChI=1S/C21H19FN2O3S2/c1-26-17-8-7-15(11-18(17)27-2)24-20(25)19-16(9-10-28-19)23-21(24)29-12-13-3-5-14(22)6-4-13/h3-8,11H,9-10,12H2,1-2H3. The Morgan fingerprint density at radius 1 is 1.14 bits per heavy atom. The number of hydrogen-bond donors (Lipinski definition) is 0. The number of benzene rings is 2. The Morgan fingerprint density at radius 3 is 2.62 bits per heavy atom. The van der Waals surface area contributed by atoms with Crippen molar-refractivity contribution < 1.29 is 13.9 Å². The average molecular weight is 431 g/mol. The van der Waals surface area contributed by atoms with E-state index in [1.54, 1.807) is 54.8 Å². The lowest BCUT2D eigenvalue weighted by atomic mass is 10.2. The first-order valence-corrected chi connectivity index (χ1v) is 11.0. The van der Waals surface area contributed by atoms with E-state index in [9.17, 15) is 9.18 Å². The molecule has 2 aromatic carbocycles. The van der Waals surface area contributed by atoms with E-state index in [4.69, 9.17) is 14.5 Å². The van der Waals surface area contributed by atoms with Crippen molar-refractivity contribution in [2.45, 2.75) is 22.2 Å². The predicted molar refractivity (Wildman–Crippen MR) is 113 cm³/mol. The molecule has 8 heteroatoms. The van der Waals surface area contributed by atoms with Crippen LogP contribution in [0, 0.1) is 5.82 Å². The first-order valence-electron chi connectivity index (χ1n) is 8.99. The summed E-state index contributed by atoms with van der Waals surface area (Å²) in [5, 5.41) is 0.604. The van der Waals surface area contributed by atoms with Crippen molar-refractivity contribution in [1.29, 1.82) is 0 Å². The van der Waals surface area contributed by atoms with Crippen LogP contribution in [-0.4, -0.2) is 29.5 Å². The van der Waals surface area contributed by atoms with Gasteiger partial charge >= 0.3 is 0 Å². The number of aryl methyl sites for hydroxylation is 1. The molecular formula is C21H19FN2O3S2. The molecule has 0 bridgehead atoms. The zero-order chi connectivity index (χ0) is 20.4. The van der Waals surface area contributed by atoms with Crippen molar-refractivity contribution in [3.8, 4) is 17.2 Å². The Hall–Kier alpha value is -2.45. The van der Waals surface area contributed by atoms with Gasteiger partial charge in [0.05, 0.1) is 30.5 Å². The van der Waals surface area contributed by atoms with Gasteiger partial charge in [0, 0.05) is 24.0 Å². The van der Waals surface area contributed by atoms with Crippen LogP contribution in [0.5, 0.6) is 11.5 Å². The van der Waals surface area contributed by atoms with Crippen LogP contribution in [-0.2, 0) is 12.2 Å². The molecule has 2 heterocycles. The Balaban J connectivity index is 1.77. The summed E-state index contributed by atoms with van der Waals surface area (Å²) in [6, 6.07) is 11.7. The largest absolute Gasteiger partial charge is 0.493 e. The van der Waals surface area contributed by atoms with Crippen molar-refractivity contribution in [2.24, 2.45) is 0 Å². The molecule has 150 valence electrons. The number of methoxy groups -OCH3 is 2. The Morgan fingerprint density at radius 2 is 1.90 bits per heavy atom. The molecule has 29 heavy (non-hydrogen) atoms. The molecule has 0 spiro atoms. The van der Waals surface area contributed by atoms with Crippen molar-refractivity contribution in [1.82, 2.24) is 9.55 Å². The molecule has 1 aromatic heterocycles. The smallest absolute Gasteiger partial charge is 0.272 e. The summed E-state index contributed by atoms with van der Waals surface area (Å²) in [5.41, 5.74) is 2.39. The summed E-state index contributed by atoms with van der Waals surface area (Å²) in [4.78, 5) is 18.7. The molecular weight excluding hydrogens is 411 g/mol. The summed E-state index contributed by atoms with van der Waals surface area (Å²) in [7, 11) is 3.13. The number of halogens is 1. The molecule has 0 aliphatic carbocycles. The van der Waals surface area contributed by atoms with E-state index in [0.29, 0.717) is 33.0 Å². The van der Waals surface area contributed by atoms with Crippen LogP contribution in [0.25, 0.3) is 5.69 Å². The van der Waals surface area contributed by atoms with Crippen molar-refractivity contribution in [3.63, 3.8) is 0 Å². The van der Waals surface area contributed by atoms with Crippen LogP contribution in [0.1, 0.15) is 11.3 Å². The summed E-state index contributed by atoms with van der Waals surface area (Å²) >= 11 is 3.00. The van der Waals surface area contributed by atoms with Crippen LogP contribution >= 0.6 is 23.5 Å². The van der Waals surface area contributed by atoms with Crippen LogP contribution in [0.4, 0.5) is 4.39 Å². The van der Waals surface area contributed by atoms with Gasteiger partial charge < -0.3 is 9.47 Å². The van der Waals surface area contributed by atoms with E-state index >= 15 is 0 Å². The SMILES string of the molecule is COc1ccc(-n2c(SCc3ccc(F)cc3)nc3c(c2=O)SCC3)cc1OC. The van der Waals surface area contributed by atoms with E-state index in [1.165, 1.54) is 23.9 Å². The predicted octanol–water partition coefficient (Wildman–Crippen LogP) is 4.33. The number of hydrogen-bond acceptors (Lipinski definition) is 6. The molecule has 0 amide bonds. The maximum absolute atomic E-state index is 13.3. The van der Waals surface area contributed by atoms with Gasteiger partial charge in [0.25, 0.3) is 5.56 Å².